The van der Waals surface area contributed by atoms with E-state index >= 15 is 0 Å². The molecule has 21 heavy (non-hydrogen) atoms. The molecule has 0 aromatic heterocycles. The Morgan fingerprint density at radius 2 is 1.38 bits per heavy atom. The summed E-state index contributed by atoms with van der Waals surface area (Å²) in [5.41, 5.74) is -6.28. The van der Waals surface area contributed by atoms with Crippen molar-refractivity contribution in [3.05, 3.63) is 12.2 Å². The Hall–Kier alpha value is -1.42. The van der Waals surface area contributed by atoms with Gasteiger partial charge in [-0.2, -0.15) is 35.1 Å². The first-order valence-corrected chi connectivity index (χ1v) is 5.10. The Bertz CT molecular complexity index is 410. The molecule has 1 atom stereocenters. The zero-order chi connectivity index (χ0) is 17.3. The Morgan fingerprint density at radius 3 is 1.67 bits per heavy atom. The molecule has 0 rings (SSSR count). The topological polar surface area (TPSA) is 26.3 Å². The van der Waals surface area contributed by atoms with Crippen molar-refractivity contribution in [2.75, 3.05) is 6.61 Å². The van der Waals surface area contributed by atoms with Gasteiger partial charge in [-0.1, -0.05) is 6.58 Å². The molecule has 0 N–H and O–H groups in total. The number of halogens is 9. The highest BCUT2D eigenvalue weighted by atomic mass is 19.4. The molecule has 1 unspecified atom stereocenters. The second-order valence-electron chi connectivity index (χ2n) is 4.04. The lowest BCUT2D eigenvalue weighted by Crippen LogP contribution is -2.62. The summed E-state index contributed by atoms with van der Waals surface area (Å²) in [7, 11) is 0. The van der Waals surface area contributed by atoms with Crippen LogP contribution in [0.2, 0.25) is 0 Å². The highest BCUT2D eigenvalue weighted by Crippen LogP contribution is 2.54. The van der Waals surface area contributed by atoms with Crippen molar-refractivity contribution in [2.45, 2.75) is 37.3 Å². The van der Waals surface area contributed by atoms with Gasteiger partial charge in [0.25, 0.3) is 5.67 Å². The lowest BCUT2D eigenvalue weighted by atomic mass is 9.92. The molecule has 0 spiro atoms. The smallest absolute Gasteiger partial charge is 0.457 e. The van der Waals surface area contributed by atoms with E-state index in [1.807, 2.05) is 0 Å². The molecule has 2 nitrogen and oxygen atoms in total. The van der Waals surface area contributed by atoms with Crippen molar-refractivity contribution in [1.82, 2.24) is 0 Å². The molecule has 0 aromatic carbocycles. The van der Waals surface area contributed by atoms with Gasteiger partial charge in [0.05, 0.1) is 6.61 Å². The van der Waals surface area contributed by atoms with Crippen molar-refractivity contribution in [3.63, 3.8) is 0 Å². The van der Waals surface area contributed by atoms with Gasteiger partial charge in [0, 0.05) is 12.0 Å². The fourth-order valence-corrected chi connectivity index (χ4v) is 1.11. The number of hydrogen-bond donors (Lipinski definition) is 0. The van der Waals surface area contributed by atoms with Gasteiger partial charge in [-0.3, -0.25) is 0 Å². The zero-order valence-corrected chi connectivity index (χ0v) is 10.3. The second-order valence-corrected chi connectivity index (χ2v) is 4.04. The summed E-state index contributed by atoms with van der Waals surface area (Å²) in [5, 5.41) is 0. The van der Waals surface area contributed by atoms with Crippen LogP contribution in [0.15, 0.2) is 12.2 Å². The molecule has 0 heterocycles. The lowest BCUT2D eigenvalue weighted by Gasteiger charge is -2.35. The van der Waals surface area contributed by atoms with Gasteiger partial charge in [-0.05, 0) is 6.92 Å². The molecule has 0 fully saturated rings. The summed E-state index contributed by atoms with van der Waals surface area (Å²) in [6.45, 7) is 2.40. The van der Waals surface area contributed by atoms with E-state index in [1.165, 1.54) is 0 Å². The normalized spacial score (nSPS) is 16.3. The summed E-state index contributed by atoms with van der Waals surface area (Å²) in [4.78, 5) is 10.8. The Balaban J connectivity index is 5.32. The van der Waals surface area contributed by atoms with Crippen LogP contribution in [-0.4, -0.2) is 36.5 Å². The Morgan fingerprint density at radius 1 is 0.952 bits per heavy atom. The third-order valence-corrected chi connectivity index (χ3v) is 2.33. The van der Waals surface area contributed by atoms with Crippen LogP contribution in [0, 0.1) is 0 Å². The summed E-state index contributed by atoms with van der Waals surface area (Å²) >= 11 is 0. The zero-order valence-electron chi connectivity index (χ0n) is 10.3. The SMILES string of the molecule is C=C(C)C(=O)OCCC(F)(C(F)(F)F)C(F)(F)C(F)(F)F. The van der Waals surface area contributed by atoms with Gasteiger partial charge in [0.1, 0.15) is 0 Å². The fraction of sp³-hybridized carbons (Fsp3) is 0.700. The van der Waals surface area contributed by atoms with E-state index in [-0.39, 0.29) is 5.57 Å². The van der Waals surface area contributed by atoms with Crippen LogP contribution in [0.1, 0.15) is 13.3 Å². The summed E-state index contributed by atoms with van der Waals surface area (Å²) in [6.07, 6.45) is -15.7. The highest BCUT2D eigenvalue weighted by Gasteiger charge is 2.80. The summed E-state index contributed by atoms with van der Waals surface area (Å²) in [5.74, 6) is -8.05. The van der Waals surface area contributed by atoms with Crippen LogP contribution >= 0.6 is 0 Å². The first-order chi connectivity index (χ1) is 9.08. The fourth-order valence-electron chi connectivity index (χ4n) is 1.11. The molecule has 0 aliphatic carbocycles. The van der Waals surface area contributed by atoms with E-state index < -0.39 is 42.9 Å². The van der Waals surface area contributed by atoms with Gasteiger partial charge in [0.2, 0.25) is 0 Å². The van der Waals surface area contributed by atoms with Gasteiger partial charge >= 0.3 is 24.2 Å². The quantitative estimate of drug-likeness (QED) is 0.433. The summed E-state index contributed by atoms with van der Waals surface area (Å²) < 4.78 is 116. The molecule has 0 aliphatic heterocycles. The van der Waals surface area contributed by atoms with E-state index in [0.717, 1.165) is 6.92 Å². The van der Waals surface area contributed by atoms with E-state index in [9.17, 15) is 44.3 Å². The average Bonchev–Trinajstić information content (AvgIpc) is 2.24. The number of carbonyl (C=O) groups is 1. The molecular weight excluding hydrogens is 323 g/mol. The van der Waals surface area contributed by atoms with E-state index in [0.29, 0.717) is 0 Å². The van der Waals surface area contributed by atoms with Crippen molar-refractivity contribution < 1.29 is 49.0 Å². The maximum absolute atomic E-state index is 13.4. The molecular formula is C10H9F9O2. The first kappa shape index (κ1) is 19.6. The van der Waals surface area contributed by atoms with Crippen LogP contribution in [0.3, 0.4) is 0 Å². The minimum absolute atomic E-state index is 0.353. The molecule has 0 amide bonds. The standard InChI is InChI=1S/C10H9F9O2/c1-5(2)6(20)21-4-3-7(11,9(14,15)16)8(12,13)10(17,18)19/h1,3-4H2,2H3. The van der Waals surface area contributed by atoms with Crippen molar-refractivity contribution >= 4 is 5.97 Å². The molecule has 0 saturated carbocycles. The number of carbonyl (C=O) groups excluding carboxylic acids is 1. The number of esters is 1. The van der Waals surface area contributed by atoms with Crippen LogP contribution in [0.4, 0.5) is 39.5 Å². The van der Waals surface area contributed by atoms with Gasteiger partial charge in [0.15, 0.2) is 0 Å². The van der Waals surface area contributed by atoms with Crippen molar-refractivity contribution in [2.24, 2.45) is 0 Å². The predicted molar refractivity (Wildman–Crippen MR) is 51.3 cm³/mol. The summed E-state index contributed by atoms with van der Waals surface area (Å²) in [6, 6.07) is 0. The van der Waals surface area contributed by atoms with Crippen LogP contribution in [-0.2, 0) is 9.53 Å². The number of alkyl halides is 9. The van der Waals surface area contributed by atoms with Crippen LogP contribution in [0.25, 0.3) is 0 Å². The van der Waals surface area contributed by atoms with E-state index in [4.69, 9.17) is 0 Å². The van der Waals surface area contributed by atoms with Gasteiger partial charge < -0.3 is 4.74 Å². The van der Waals surface area contributed by atoms with Crippen LogP contribution < -0.4 is 0 Å². The maximum atomic E-state index is 13.4. The molecule has 0 aromatic rings. The lowest BCUT2D eigenvalue weighted by molar-refractivity contribution is -0.385. The third-order valence-electron chi connectivity index (χ3n) is 2.33. The minimum atomic E-state index is -6.77. The molecule has 0 aliphatic rings. The maximum Gasteiger partial charge on any atom is 0.457 e. The first-order valence-electron chi connectivity index (χ1n) is 5.10. The number of rotatable bonds is 5. The Kier molecular flexibility index (Phi) is 5.37. The molecule has 11 heteroatoms. The van der Waals surface area contributed by atoms with Crippen LogP contribution in [0.5, 0.6) is 0 Å². The minimum Gasteiger partial charge on any atom is -0.462 e. The van der Waals surface area contributed by atoms with E-state index in [2.05, 4.69) is 11.3 Å². The molecule has 0 radical (unpaired) electrons. The van der Waals surface area contributed by atoms with Crippen molar-refractivity contribution in [3.8, 4) is 0 Å². The number of hydrogen-bond acceptors (Lipinski definition) is 2. The molecule has 0 saturated heterocycles. The second kappa shape index (κ2) is 5.76. The molecule has 124 valence electrons. The van der Waals surface area contributed by atoms with E-state index in [1.54, 1.807) is 0 Å². The monoisotopic (exact) mass is 332 g/mol. The molecule has 0 bridgehead atoms. The van der Waals surface area contributed by atoms with Crippen molar-refractivity contribution in [1.29, 1.82) is 0 Å². The van der Waals surface area contributed by atoms with Gasteiger partial charge in [-0.15, -0.1) is 0 Å². The highest BCUT2D eigenvalue weighted by molar-refractivity contribution is 5.86. The Labute approximate surface area is 112 Å². The largest absolute Gasteiger partial charge is 0.462 e. The predicted octanol–water partition coefficient (Wildman–Crippen LogP) is 3.96. The number of ether oxygens (including phenoxy) is 1. The average molecular weight is 332 g/mol. The van der Waals surface area contributed by atoms with Gasteiger partial charge in [-0.25, -0.2) is 9.18 Å². The third kappa shape index (κ3) is 3.82.